The summed E-state index contributed by atoms with van der Waals surface area (Å²) in [6.45, 7) is 3.69. The van der Waals surface area contributed by atoms with Gasteiger partial charge in [-0.05, 0) is 36.4 Å². The van der Waals surface area contributed by atoms with E-state index < -0.39 is 11.9 Å². The summed E-state index contributed by atoms with van der Waals surface area (Å²) in [4.78, 5) is 23.8. The van der Waals surface area contributed by atoms with Gasteiger partial charge in [-0.25, -0.2) is 9.59 Å². The largest absolute Gasteiger partial charge is 0.487 e. The molecule has 0 fully saturated rings. The van der Waals surface area contributed by atoms with Crippen LogP contribution >= 0.6 is 0 Å². The Morgan fingerprint density at radius 2 is 0.775 bits per heavy atom. The van der Waals surface area contributed by atoms with Crippen LogP contribution in [0.1, 0.15) is 20.7 Å². The highest BCUT2D eigenvalue weighted by atomic mass is 16.6. The van der Waals surface area contributed by atoms with Gasteiger partial charge in [0.05, 0.1) is 78.2 Å². The van der Waals surface area contributed by atoms with Crippen LogP contribution < -0.4 is 18.9 Å². The Kier molecular flexibility index (Phi) is 13.9. The highest BCUT2D eigenvalue weighted by molar-refractivity contribution is 5.90. The van der Waals surface area contributed by atoms with Gasteiger partial charge in [-0.3, -0.25) is 0 Å². The van der Waals surface area contributed by atoms with Crippen LogP contribution in [0.4, 0.5) is 0 Å². The highest BCUT2D eigenvalue weighted by Crippen LogP contribution is 2.30. The average Bonchev–Trinajstić information content (AvgIpc) is 2.98. The summed E-state index contributed by atoms with van der Waals surface area (Å²) in [5.41, 5.74) is 0.692. The van der Waals surface area contributed by atoms with Crippen molar-refractivity contribution in [1.29, 1.82) is 0 Å². The van der Waals surface area contributed by atoms with Crippen molar-refractivity contribution in [3.05, 3.63) is 47.5 Å². The van der Waals surface area contributed by atoms with Crippen LogP contribution in [0.3, 0.4) is 0 Å². The Balaban J connectivity index is 1.55. The second-order valence-electron chi connectivity index (χ2n) is 8.15. The van der Waals surface area contributed by atoms with Crippen molar-refractivity contribution in [2.75, 3.05) is 93.5 Å². The molecular formula is C28H36O12. The number of carbonyl (C=O) groups excluding carboxylic acids is 2. The van der Waals surface area contributed by atoms with Gasteiger partial charge >= 0.3 is 11.9 Å². The molecule has 0 aromatic heterocycles. The lowest BCUT2D eigenvalue weighted by molar-refractivity contribution is 0.0223. The number of ether oxygens (including phenoxy) is 10. The predicted octanol–water partition coefficient (Wildman–Crippen LogP) is 2.56. The van der Waals surface area contributed by atoms with E-state index in [0.717, 1.165) is 0 Å². The van der Waals surface area contributed by atoms with Crippen molar-refractivity contribution in [1.82, 2.24) is 0 Å². The Morgan fingerprint density at radius 3 is 1.10 bits per heavy atom. The molecular weight excluding hydrogens is 528 g/mol. The maximum Gasteiger partial charge on any atom is 0.337 e. The number of hydrogen-bond donors (Lipinski definition) is 0. The van der Waals surface area contributed by atoms with Gasteiger partial charge in [0.2, 0.25) is 0 Å². The summed E-state index contributed by atoms with van der Waals surface area (Å²) < 4.78 is 55.0. The van der Waals surface area contributed by atoms with Crippen LogP contribution in [0, 0.1) is 0 Å². The van der Waals surface area contributed by atoms with E-state index in [2.05, 4.69) is 0 Å². The minimum atomic E-state index is -0.475. The minimum absolute atomic E-state index is 0.238. The number of benzene rings is 2. The first kappa shape index (κ1) is 31.0. The molecule has 0 amide bonds. The fourth-order valence-corrected chi connectivity index (χ4v) is 3.46. The molecule has 2 aromatic carbocycles. The van der Waals surface area contributed by atoms with Crippen molar-refractivity contribution in [2.24, 2.45) is 0 Å². The van der Waals surface area contributed by atoms with Crippen molar-refractivity contribution in [3.63, 3.8) is 0 Å². The van der Waals surface area contributed by atoms with E-state index in [1.165, 1.54) is 14.2 Å². The number of fused-ring (bicyclic) bond motifs is 2. The molecule has 0 aliphatic carbocycles. The molecule has 0 spiro atoms. The van der Waals surface area contributed by atoms with E-state index in [1.807, 2.05) is 0 Å². The molecule has 0 bridgehead atoms. The third-order valence-electron chi connectivity index (χ3n) is 5.41. The summed E-state index contributed by atoms with van der Waals surface area (Å²) >= 11 is 0. The van der Waals surface area contributed by atoms with Crippen molar-refractivity contribution < 1.29 is 57.0 Å². The second kappa shape index (κ2) is 17.9. The lowest BCUT2D eigenvalue weighted by atomic mass is 10.2. The summed E-state index contributed by atoms with van der Waals surface area (Å²) in [6, 6.07) is 9.65. The topological polar surface area (TPSA) is 126 Å². The second-order valence-corrected chi connectivity index (χ2v) is 8.15. The lowest BCUT2D eigenvalue weighted by Gasteiger charge is -2.15. The van der Waals surface area contributed by atoms with Gasteiger partial charge in [0.1, 0.15) is 26.4 Å². The van der Waals surface area contributed by atoms with Gasteiger partial charge < -0.3 is 47.4 Å². The van der Waals surface area contributed by atoms with Crippen molar-refractivity contribution >= 4 is 11.9 Å². The molecule has 2 aromatic rings. The van der Waals surface area contributed by atoms with Crippen LogP contribution in [-0.2, 0) is 28.4 Å². The molecule has 0 radical (unpaired) electrons. The number of rotatable bonds is 2. The molecule has 12 nitrogen and oxygen atoms in total. The van der Waals surface area contributed by atoms with Gasteiger partial charge in [-0.2, -0.15) is 0 Å². The van der Waals surface area contributed by atoms with E-state index in [-0.39, 0.29) is 26.4 Å². The zero-order valence-corrected chi connectivity index (χ0v) is 22.8. The Morgan fingerprint density at radius 1 is 0.475 bits per heavy atom. The number of esters is 2. The molecule has 0 saturated heterocycles. The van der Waals surface area contributed by atoms with Crippen molar-refractivity contribution in [2.45, 2.75) is 0 Å². The Bertz CT molecular complexity index is 974. The number of hydrogen-bond acceptors (Lipinski definition) is 12. The Hall–Kier alpha value is -3.58. The van der Waals surface area contributed by atoms with E-state index in [9.17, 15) is 9.59 Å². The average molecular weight is 565 g/mol. The zero-order chi connectivity index (χ0) is 28.4. The van der Waals surface area contributed by atoms with Crippen LogP contribution in [0.25, 0.3) is 0 Å². The third kappa shape index (κ3) is 10.5. The van der Waals surface area contributed by atoms with E-state index in [1.54, 1.807) is 36.4 Å². The van der Waals surface area contributed by atoms with Crippen LogP contribution in [0.2, 0.25) is 0 Å². The van der Waals surface area contributed by atoms with E-state index >= 15 is 0 Å². The fraction of sp³-hybridized carbons (Fsp3) is 0.500. The fourth-order valence-electron chi connectivity index (χ4n) is 3.46. The van der Waals surface area contributed by atoms with Crippen LogP contribution in [0.5, 0.6) is 23.0 Å². The minimum Gasteiger partial charge on any atom is -0.487 e. The maximum atomic E-state index is 11.9. The van der Waals surface area contributed by atoms with Gasteiger partial charge in [-0.1, -0.05) is 0 Å². The van der Waals surface area contributed by atoms with Gasteiger partial charge in [0.25, 0.3) is 0 Å². The van der Waals surface area contributed by atoms with Crippen LogP contribution in [-0.4, -0.2) is 105 Å². The van der Waals surface area contributed by atoms with Crippen molar-refractivity contribution in [3.8, 4) is 23.0 Å². The van der Waals surface area contributed by atoms with Gasteiger partial charge in [-0.15, -0.1) is 0 Å². The summed E-state index contributed by atoms with van der Waals surface area (Å²) in [5, 5.41) is 0. The molecule has 3 rings (SSSR count). The monoisotopic (exact) mass is 564 g/mol. The predicted molar refractivity (Wildman–Crippen MR) is 141 cm³/mol. The molecule has 12 heteroatoms. The third-order valence-corrected chi connectivity index (χ3v) is 5.41. The zero-order valence-electron chi connectivity index (χ0n) is 22.8. The standard InChI is InChI=1S/C28H36O12/c1-31-27(29)21-3-5-23-25(19-21)39-17-13-35-9-7-34-12-16-38-24-6-4-22(28(30)32-2)20-26(24)40-18-14-36-10-8-33-11-15-37-23/h3-6,19-20H,7-18H2,1-2H3. The van der Waals surface area contributed by atoms with E-state index in [4.69, 9.17) is 47.4 Å². The van der Waals surface area contributed by atoms with E-state index in [0.29, 0.717) is 87.0 Å². The first-order valence-corrected chi connectivity index (χ1v) is 12.9. The summed E-state index contributed by atoms with van der Waals surface area (Å²) in [6.07, 6.45) is 0. The SMILES string of the molecule is COC(=O)c1ccc2c(c1)OCCOCCOCCOc1ccc(C(=O)OC)cc1OCCOCCOCCO2. The molecule has 1 aliphatic heterocycles. The maximum absolute atomic E-state index is 11.9. The van der Waals surface area contributed by atoms with Gasteiger partial charge in [0, 0.05) is 0 Å². The van der Waals surface area contributed by atoms with Gasteiger partial charge in [0.15, 0.2) is 23.0 Å². The first-order valence-electron chi connectivity index (χ1n) is 12.9. The lowest BCUT2D eigenvalue weighted by Crippen LogP contribution is -2.16. The molecule has 0 N–H and O–H groups in total. The molecule has 40 heavy (non-hydrogen) atoms. The highest BCUT2D eigenvalue weighted by Gasteiger charge is 2.14. The number of methoxy groups -OCH3 is 2. The molecule has 220 valence electrons. The molecule has 0 saturated carbocycles. The molecule has 0 unspecified atom stereocenters. The summed E-state index contributed by atoms with van der Waals surface area (Å²) in [7, 11) is 2.63. The first-order chi connectivity index (χ1) is 19.6. The summed E-state index contributed by atoms with van der Waals surface area (Å²) in [5.74, 6) is 0.790. The normalized spacial score (nSPS) is 16.6. The molecule has 1 aliphatic rings. The number of carbonyl (C=O) groups is 2. The smallest absolute Gasteiger partial charge is 0.337 e. The Labute approximate surface area is 233 Å². The molecule has 1 heterocycles. The van der Waals surface area contributed by atoms with Crippen LogP contribution in [0.15, 0.2) is 36.4 Å². The quantitative estimate of drug-likeness (QED) is 0.498. The molecule has 0 atom stereocenters.